The molecule has 0 N–H and O–H groups in total. The molecule has 0 aliphatic carbocycles. The number of oxazole rings is 1. The zero-order chi connectivity index (χ0) is 18.7. The van der Waals surface area contributed by atoms with E-state index in [4.69, 9.17) is 16.0 Å². The molecule has 3 rings (SSSR count). The normalized spacial score (nSPS) is 12.3. The van der Waals surface area contributed by atoms with Gasteiger partial charge in [0.1, 0.15) is 6.26 Å². The minimum Gasteiger partial charge on any atom is -0.444 e. The summed E-state index contributed by atoms with van der Waals surface area (Å²) in [6, 6.07) is 14.0. The predicted octanol–water partition coefficient (Wildman–Crippen LogP) is 5.10. The summed E-state index contributed by atoms with van der Waals surface area (Å²) >= 11 is 6.00. The molecule has 0 fully saturated rings. The highest BCUT2D eigenvalue weighted by Crippen LogP contribution is 2.26. The molecule has 7 heteroatoms. The first-order chi connectivity index (χ1) is 12.4. The van der Waals surface area contributed by atoms with Crippen molar-refractivity contribution in [1.82, 2.24) is 9.88 Å². The third-order valence-corrected chi connectivity index (χ3v) is 4.49. The van der Waals surface area contributed by atoms with Gasteiger partial charge in [-0.05, 0) is 37.7 Å². The summed E-state index contributed by atoms with van der Waals surface area (Å²) in [5.74, 6) is 0.513. The molecular formula is C19H18ClN3O3. The van der Waals surface area contributed by atoms with Gasteiger partial charge in [-0.1, -0.05) is 29.8 Å². The van der Waals surface area contributed by atoms with Crippen molar-refractivity contribution in [3.05, 3.63) is 81.2 Å². The average Bonchev–Trinajstić information content (AvgIpc) is 3.09. The van der Waals surface area contributed by atoms with E-state index in [0.717, 1.165) is 16.8 Å². The number of nitro benzene ring substituents is 1. The molecule has 2 aromatic carbocycles. The summed E-state index contributed by atoms with van der Waals surface area (Å²) in [5, 5.41) is 11.6. The van der Waals surface area contributed by atoms with Gasteiger partial charge in [0.05, 0.1) is 10.6 Å². The second-order valence-corrected chi connectivity index (χ2v) is 6.53. The van der Waals surface area contributed by atoms with Crippen molar-refractivity contribution >= 4 is 17.3 Å². The third-order valence-electron chi connectivity index (χ3n) is 4.26. The Balaban J connectivity index is 1.73. The second-order valence-electron chi connectivity index (χ2n) is 6.10. The van der Waals surface area contributed by atoms with Crippen LogP contribution in [0.3, 0.4) is 0 Å². The maximum Gasteiger partial charge on any atom is 0.269 e. The van der Waals surface area contributed by atoms with E-state index >= 15 is 0 Å². The standard InChI is InChI=1S/C19H18ClN3O3/c1-13(14-5-4-8-18(10-14)23(24)25)22(2)11-17-12-26-19(21-17)15-6-3-7-16(20)9-15/h3-10,12-13H,11H2,1-2H3/t13-/m1/s1. The van der Waals surface area contributed by atoms with Gasteiger partial charge >= 0.3 is 0 Å². The number of non-ortho nitro benzene ring substituents is 1. The van der Waals surface area contributed by atoms with E-state index in [1.807, 2.05) is 32.2 Å². The molecule has 0 amide bonds. The summed E-state index contributed by atoms with van der Waals surface area (Å²) in [5.41, 5.74) is 2.56. The van der Waals surface area contributed by atoms with Gasteiger partial charge in [-0.15, -0.1) is 0 Å². The number of hydrogen-bond donors (Lipinski definition) is 0. The molecule has 0 spiro atoms. The van der Waals surface area contributed by atoms with Crippen LogP contribution in [0.5, 0.6) is 0 Å². The van der Waals surface area contributed by atoms with E-state index in [1.165, 1.54) is 6.07 Å². The largest absolute Gasteiger partial charge is 0.444 e. The molecule has 0 saturated heterocycles. The van der Waals surface area contributed by atoms with Crippen LogP contribution >= 0.6 is 11.6 Å². The van der Waals surface area contributed by atoms with Crippen molar-refractivity contribution in [3.63, 3.8) is 0 Å². The van der Waals surface area contributed by atoms with Gasteiger partial charge in [-0.2, -0.15) is 0 Å². The van der Waals surface area contributed by atoms with E-state index in [1.54, 1.807) is 30.5 Å². The molecular weight excluding hydrogens is 354 g/mol. The summed E-state index contributed by atoms with van der Waals surface area (Å²) in [6.45, 7) is 2.55. The molecule has 0 unspecified atom stereocenters. The Morgan fingerprint density at radius 3 is 2.77 bits per heavy atom. The van der Waals surface area contributed by atoms with Crippen LogP contribution < -0.4 is 0 Å². The van der Waals surface area contributed by atoms with Crippen molar-refractivity contribution in [2.24, 2.45) is 0 Å². The Morgan fingerprint density at radius 1 is 1.27 bits per heavy atom. The number of nitrogens with zero attached hydrogens (tertiary/aromatic N) is 3. The van der Waals surface area contributed by atoms with Crippen LogP contribution in [0.1, 0.15) is 24.2 Å². The maximum absolute atomic E-state index is 11.0. The van der Waals surface area contributed by atoms with E-state index < -0.39 is 0 Å². The molecule has 6 nitrogen and oxygen atoms in total. The van der Waals surface area contributed by atoms with Gasteiger partial charge in [0.15, 0.2) is 0 Å². The fourth-order valence-corrected chi connectivity index (χ4v) is 2.87. The smallest absolute Gasteiger partial charge is 0.269 e. The monoisotopic (exact) mass is 371 g/mol. The molecule has 1 aromatic heterocycles. The van der Waals surface area contributed by atoms with Crippen LogP contribution in [0.2, 0.25) is 5.02 Å². The van der Waals surface area contributed by atoms with E-state index in [9.17, 15) is 10.1 Å². The highest BCUT2D eigenvalue weighted by atomic mass is 35.5. The van der Waals surface area contributed by atoms with Crippen LogP contribution in [-0.4, -0.2) is 21.9 Å². The Morgan fingerprint density at radius 2 is 2.04 bits per heavy atom. The fraction of sp³-hybridized carbons (Fsp3) is 0.211. The van der Waals surface area contributed by atoms with Crippen LogP contribution in [0.4, 0.5) is 5.69 Å². The van der Waals surface area contributed by atoms with Crippen molar-refractivity contribution in [3.8, 4) is 11.5 Å². The molecule has 3 aromatic rings. The lowest BCUT2D eigenvalue weighted by Crippen LogP contribution is -2.22. The van der Waals surface area contributed by atoms with E-state index in [2.05, 4.69) is 9.88 Å². The summed E-state index contributed by atoms with van der Waals surface area (Å²) in [4.78, 5) is 17.1. The lowest BCUT2D eigenvalue weighted by molar-refractivity contribution is -0.384. The third kappa shape index (κ3) is 4.09. The van der Waals surface area contributed by atoms with Crippen molar-refractivity contribution in [1.29, 1.82) is 0 Å². The highest BCUT2D eigenvalue weighted by molar-refractivity contribution is 6.30. The molecule has 1 atom stereocenters. The predicted molar refractivity (Wildman–Crippen MR) is 99.9 cm³/mol. The number of aromatic nitrogens is 1. The van der Waals surface area contributed by atoms with Crippen LogP contribution in [0.25, 0.3) is 11.5 Å². The van der Waals surface area contributed by atoms with E-state index in [-0.39, 0.29) is 16.7 Å². The quantitative estimate of drug-likeness (QED) is 0.445. The molecule has 26 heavy (non-hydrogen) atoms. The maximum atomic E-state index is 11.0. The fourth-order valence-electron chi connectivity index (χ4n) is 2.68. The molecule has 0 saturated carbocycles. The molecule has 0 radical (unpaired) electrons. The average molecular weight is 372 g/mol. The molecule has 134 valence electrons. The zero-order valence-electron chi connectivity index (χ0n) is 14.4. The van der Waals surface area contributed by atoms with Gasteiger partial charge in [0, 0.05) is 35.3 Å². The Labute approximate surface area is 156 Å². The number of nitro groups is 1. The number of halogens is 1. The Hall–Kier alpha value is -2.70. The number of hydrogen-bond acceptors (Lipinski definition) is 5. The SMILES string of the molecule is C[C@H](c1cccc([N+](=O)[O-])c1)N(C)Cc1coc(-c2cccc(Cl)c2)n1. The van der Waals surface area contributed by atoms with Crippen molar-refractivity contribution in [2.75, 3.05) is 7.05 Å². The number of rotatable bonds is 6. The molecule has 1 heterocycles. The topological polar surface area (TPSA) is 72.4 Å². The van der Waals surface area contributed by atoms with Gasteiger partial charge in [0.25, 0.3) is 5.69 Å². The van der Waals surface area contributed by atoms with Crippen LogP contribution in [0, 0.1) is 10.1 Å². The molecule has 0 aliphatic rings. The Bertz CT molecular complexity index is 926. The lowest BCUT2D eigenvalue weighted by Gasteiger charge is -2.23. The Kier molecular flexibility index (Phi) is 5.35. The first-order valence-corrected chi connectivity index (χ1v) is 8.47. The van der Waals surface area contributed by atoms with Crippen LogP contribution in [-0.2, 0) is 6.54 Å². The first kappa shape index (κ1) is 18.1. The van der Waals surface area contributed by atoms with Gasteiger partial charge in [-0.25, -0.2) is 4.98 Å². The van der Waals surface area contributed by atoms with Crippen molar-refractivity contribution in [2.45, 2.75) is 19.5 Å². The van der Waals surface area contributed by atoms with Gasteiger partial charge < -0.3 is 4.42 Å². The van der Waals surface area contributed by atoms with Crippen LogP contribution in [0.15, 0.2) is 59.2 Å². The van der Waals surface area contributed by atoms with E-state index in [0.29, 0.717) is 17.5 Å². The van der Waals surface area contributed by atoms with Crippen molar-refractivity contribution < 1.29 is 9.34 Å². The molecule has 0 bridgehead atoms. The minimum absolute atomic E-state index is 0.0128. The zero-order valence-corrected chi connectivity index (χ0v) is 15.2. The summed E-state index contributed by atoms with van der Waals surface area (Å²) in [7, 11) is 1.94. The second kappa shape index (κ2) is 7.68. The number of benzene rings is 2. The van der Waals surface area contributed by atoms with Gasteiger partial charge in [-0.3, -0.25) is 15.0 Å². The summed E-state index contributed by atoms with van der Waals surface area (Å²) in [6.07, 6.45) is 1.62. The molecule has 0 aliphatic heterocycles. The lowest BCUT2D eigenvalue weighted by atomic mass is 10.1. The minimum atomic E-state index is -0.384. The summed E-state index contributed by atoms with van der Waals surface area (Å²) < 4.78 is 5.56. The first-order valence-electron chi connectivity index (χ1n) is 8.09. The van der Waals surface area contributed by atoms with Gasteiger partial charge in [0.2, 0.25) is 5.89 Å². The highest BCUT2D eigenvalue weighted by Gasteiger charge is 2.17.